The third kappa shape index (κ3) is 2.26. The molecule has 1 aromatic carbocycles. The van der Waals surface area contributed by atoms with Crippen LogP contribution in [0.2, 0.25) is 0 Å². The van der Waals surface area contributed by atoms with Gasteiger partial charge in [0.05, 0.1) is 6.61 Å². The maximum Gasteiger partial charge on any atom is 0.189 e. The summed E-state index contributed by atoms with van der Waals surface area (Å²) in [5.74, 6) is 0.738. The van der Waals surface area contributed by atoms with Crippen molar-refractivity contribution in [2.45, 2.75) is 13.0 Å². The molecule has 0 aromatic heterocycles. The van der Waals surface area contributed by atoms with Gasteiger partial charge in [0.15, 0.2) is 12.6 Å². The zero-order chi connectivity index (χ0) is 11.5. The number of ether oxygens (including phenoxy) is 2. The van der Waals surface area contributed by atoms with Gasteiger partial charge in [-0.05, 0) is 18.7 Å². The number of rotatable bonds is 3. The molecule has 1 aromatic rings. The number of ketones is 1. The van der Waals surface area contributed by atoms with Crippen molar-refractivity contribution in [1.29, 1.82) is 0 Å². The van der Waals surface area contributed by atoms with Crippen LogP contribution in [0.15, 0.2) is 16.6 Å². The van der Waals surface area contributed by atoms with Gasteiger partial charge in [-0.2, -0.15) is 0 Å². The molecule has 0 fully saturated rings. The van der Waals surface area contributed by atoms with Crippen molar-refractivity contribution < 1.29 is 14.3 Å². The lowest BCUT2D eigenvalue weighted by Crippen LogP contribution is -2.14. The Labute approximate surface area is 102 Å². The molecule has 86 valence electrons. The van der Waals surface area contributed by atoms with Crippen molar-refractivity contribution in [2.75, 3.05) is 13.3 Å². The lowest BCUT2D eigenvalue weighted by molar-refractivity contribution is -0.0164. The third-order valence-electron chi connectivity index (χ3n) is 2.38. The van der Waals surface area contributed by atoms with Crippen molar-refractivity contribution >= 4 is 21.7 Å². The molecule has 0 amide bonds. The zero-order valence-corrected chi connectivity index (χ0v) is 10.2. The molecule has 0 aliphatic carbocycles. The monoisotopic (exact) mass is 285 g/mol. The molecule has 0 bridgehead atoms. The molecule has 16 heavy (non-hydrogen) atoms. The quantitative estimate of drug-likeness (QED) is 0.861. The summed E-state index contributed by atoms with van der Waals surface area (Å²) in [7, 11) is 0. The predicted octanol–water partition coefficient (Wildman–Crippen LogP) is 1.85. The van der Waals surface area contributed by atoms with Gasteiger partial charge in [0.25, 0.3) is 0 Å². The zero-order valence-electron chi connectivity index (χ0n) is 8.66. The molecule has 2 N–H and O–H groups in total. The van der Waals surface area contributed by atoms with Crippen LogP contribution in [0.3, 0.4) is 0 Å². The first-order valence-electron chi connectivity index (χ1n) is 4.98. The number of halogens is 1. The molecule has 0 atom stereocenters. The minimum atomic E-state index is 0.0206. The molecule has 2 rings (SSSR count). The number of fused-ring (bicyclic) bond motifs is 1. The number of Topliss-reactive ketones (excluding diaryl/α,β-unsaturated/α-hetero) is 1. The third-order valence-corrected chi connectivity index (χ3v) is 3.03. The van der Waals surface area contributed by atoms with E-state index in [-0.39, 0.29) is 12.6 Å². The number of carbonyl (C=O) groups excluding carboxylic acids is 1. The fraction of sp³-hybridized carbons (Fsp3) is 0.364. The summed E-state index contributed by atoms with van der Waals surface area (Å²) in [6.07, 6.45) is 0.341. The average Bonchev–Trinajstić information content (AvgIpc) is 2.28. The van der Waals surface area contributed by atoms with Gasteiger partial charge < -0.3 is 15.2 Å². The summed E-state index contributed by atoms with van der Waals surface area (Å²) in [4.78, 5) is 11.8. The van der Waals surface area contributed by atoms with Gasteiger partial charge in [0, 0.05) is 22.0 Å². The van der Waals surface area contributed by atoms with E-state index in [2.05, 4.69) is 15.9 Å². The van der Waals surface area contributed by atoms with E-state index >= 15 is 0 Å². The lowest BCUT2D eigenvalue weighted by atomic mass is 10.0. The van der Waals surface area contributed by atoms with Gasteiger partial charge in [0.1, 0.15) is 5.75 Å². The highest BCUT2D eigenvalue weighted by atomic mass is 79.9. The molecule has 0 saturated carbocycles. The molecule has 1 heterocycles. The minimum Gasteiger partial charge on any atom is -0.467 e. The molecule has 4 nitrogen and oxygen atoms in total. The van der Waals surface area contributed by atoms with Crippen LogP contribution >= 0.6 is 15.9 Å². The molecular weight excluding hydrogens is 274 g/mol. The van der Waals surface area contributed by atoms with E-state index in [1.807, 2.05) is 6.07 Å². The van der Waals surface area contributed by atoms with E-state index in [0.29, 0.717) is 25.1 Å². The summed E-state index contributed by atoms with van der Waals surface area (Å²) in [5.41, 5.74) is 6.93. The molecule has 0 radical (unpaired) electrons. The van der Waals surface area contributed by atoms with Gasteiger partial charge in [-0.15, -0.1) is 0 Å². The molecule has 1 aliphatic heterocycles. The predicted molar refractivity (Wildman–Crippen MR) is 62.4 cm³/mol. The summed E-state index contributed by atoms with van der Waals surface area (Å²) in [5, 5.41) is 0. The van der Waals surface area contributed by atoms with Gasteiger partial charge in [-0.1, -0.05) is 15.9 Å². The first-order valence-corrected chi connectivity index (χ1v) is 5.78. The SMILES string of the molecule is NCCC(=O)c1cc2c(cc1Br)COCO2. The smallest absolute Gasteiger partial charge is 0.189 e. The Morgan fingerprint density at radius 2 is 2.31 bits per heavy atom. The van der Waals surface area contributed by atoms with Crippen LogP contribution in [0.25, 0.3) is 0 Å². The van der Waals surface area contributed by atoms with Gasteiger partial charge >= 0.3 is 0 Å². The topological polar surface area (TPSA) is 61.6 Å². The van der Waals surface area contributed by atoms with E-state index in [1.54, 1.807) is 6.07 Å². The second-order valence-electron chi connectivity index (χ2n) is 3.51. The highest BCUT2D eigenvalue weighted by Gasteiger charge is 2.17. The Morgan fingerprint density at radius 3 is 3.06 bits per heavy atom. The van der Waals surface area contributed by atoms with Crippen LogP contribution < -0.4 is 10.5 Å². The van der Waals surface area contributed by atoms with Crippen LogP contribution in [0.4, 0.5) is 0 Å². The Bertz CT molecular complexity index is 420. The Balaban J connectivity index is 2.35. The lowest BCUT2D eigenvalue weighted by Gasteiger charge is -2.19. The first kappa shape index (κ1) is 11.6. The van der Waals surface area contributed by atoms with Crippen LogP contribution in [0.1, 0.15) is 22.3 Å². The molecule has 1 aliphatic rings. The molecular formula is C11H12BrNO3. The molecule has 5 heteroatoms. The second kappa shape index (κ2) is 4.95. The summed E-state index contributed by atoms with van der Waals surface area (Å²) in [6.45, 7) is 1.10. The van der Waals surface area contributed by atoms with Gasteiger partial charge in [-0.3, -0.25) is 4.79 Å². The van der Waals surface area contributed by atoms with E-state index in [9.17, 15) is 4.79 Å². The highest BCUT2D eigenvalue weighted by molar-refractivity contribution is 9.10. The molecule has 0 unspecified atom stereocenters. The van der Waals surface area contributed by atoms with Gasteiger partial charge in [0.2, 0.25) is 0 Å². The van der Waals surface area contributed by atoms with Crippen LogP contribution in [-0.4, -0.2) is 19.1 Å². The molecule has 0 spiro atoms. The average molecular weight is 286 g/mol. The fourth-order valence-corrected chi connectivity index (χ4v) is 2.19. The van der Waals surface area contributed by atoms with Crippen molar-refractivity contribution in [3.05, 3.63) is 27.7 Å². The number of hydrogen-bond donors (Lipinski definition) is 1. The largest absolute Gasteiger partial charge is 0.467 e. The normalized spacial score (nSPS) is 14.1. The second-order valence-corrected chi connectivity index (χ2v) is 4.37. The van der Waals surface area contributed by atoms with E-state index in [0.717, 1.165) is 15.8 Å². The van der Waals surface area contributed by atoms with Crippen molar-refractivity contribution in [1.82, 2.24) is 0 Å². The first-order chi connectivity index (χ1) is 7.72. The Hall–Kier alpha value is -0.910. The fourth-order valence-electron chi connectivity index (χ4n) is 1.58. The number of nitrogens with two attached hydrogens (primary N) is 1. The number of carbonyl (C=O) groups is 1. The number of benzene rings is 1. The van der Waals surface area contributed by atoms with Crippen molar-refractivity contribution in [2.24, 2.45) is 5.73 Å². The standard InChI is InChI=1S/C11H12BrNO3/c12-9-3-7-5-15-6-16-11(7)4-8(9)10(14)1-2-13/h3-4H,1-2,5-6,13H2. The van der Waals surface area contributed by atoms with Crippen molar-refractivity contribution in [3.8, 4) is 5.75 Å². The summed E-state index contributed by atoms with van der Waals surface area (Å²) >= 11 is 3.37. The van der Waals surface area contributed by atoms with E-state index in [1.165, 1.54) is 0 Å². The minimum absolute atomic E-state index is 0.0206. The maximum absolute atomic E-state index is 11.8. The van der Waals surface area contributed by atoms with Crippen LogP contribution in [0.5, 0.6) is 5.75 Å². The Morgan fingerprint density at radius 1 is 1.50 bits per heavy atom. The Kier molecular flexibility index (Phi) is 3.58. The van der Waals surface area contributed by atoms with E-state index < -0.39 is 0 Å². The van der Waals surface area contributed by atoms with Crippen LogP contribution in [0, 0.1) is 0 Å². The summed E-state index contributed by atoms with van der Waals surface area (Å²) in [6, 6.07) is 3.61. The highest BCUT2D eigenvalue weighted by Crippen LogP contribution is 2.30. The van der Waals surface area contributed by atoms with E-state index in [4.69, 9.17) is 15.2 Å². The van der Waals surface area contributed by atoms with Crippen LogP contribution in [-0.2, 0) is 11.3 Å². The van der Waals surface area contributed by atoms with Gasteiger partial charge in [-0.25, -0.2) is 0 Å². The molecule has 0 saturated heterocycles. The summed E-state index contributed by atoms with van der Waals surface area (Å²) < 4.78 is 11.2. The number of hydrogen-bond acceptors (Lipinski definition) is 4. The van der Waals surface area contributed by atoms with Crippen molar-refractivity contribution in [3.63, 3.8) is 0 Å². The maximum atomic E-state index is 11.8.